The summed E-state index contributed by atoms with van der Waals surface area (Å²) in [6, 6.07) is 3.42. The van der Waals surface area contributed by atoms with Crippen LogP contribution in [0.1, 0.15) is 28.9 Å². The number of carboxylic acid groups (broad SMARTS) is 1. The van der Waals surface area contributed by atoms with Crippen LogP contribution in [-0.4, -0.2) is 30.9 Å². The van der Waals surface area contributed by atoms with Gasteiger partial charge >= 0.3 is 5.97 Å². The van der Waals surface area contributed by atoms with Crippen molar-refractivity contribution in [3.63, 3.8) is 0 Å². The van der Waals surface area contributed by atoms with E-state index in [-0.39, 0.29) is 23.7 Å². The van der Waals surface area contributed by atoms with Gasteiger partial charge in [0, 0.05) is 6.42 Å². The van der Waals surface area contributed by atoms with Crippen LogP contribution in [0.15, 0.2) is 18.2 Å². The van der Waals surface area contributed by atoms with E-state index in [4.69, 9.17) is 5.11 Å². The van der Waals surface area contributed by atoms with E-state index in [1.54, 1.807) is 0 Å². The van der Waals surface area contributed by atoms with Gasteiger partial charge in [-0.05, 0) is 18.2 Å². The first-order valence-electron chi connectivity index (χ1n) is 5.65. The van der Waals surface area contributed by atoms with Gasteiger partial charge in [0.2, 0.25) is 0 Å². The molecule has 0 atom stereocenters. The van der Waals surface area contributed by atoms with Crippen LogP contribution in [0.25, 0.3) is 5.69 Å². The first-order valence-corrected chi connectivity index (χ1v) is 5.65. The minimum absolute atomic E-state index is 0.204. The number of nitrogens with zero attached hydrogens (tertiary/aromatic N) is 3. The molecule has 1 aromatic carbocycles. The third kappa shape index (κ3) is 2.32. The average Bonchev–Trinajstić information content (AvgIpc) is 2.81. The molecule has 2 N–H and O–H groups in total. The number of aryl methyl sites for hydroxylation is 1. The van der Waals surface area contributed by atoms with Gasteiger partial charge in [-0.3, -0.25) is 4.57 Å². The molecule has 0 aliphatic carbocycles. The number of carboxylic acids is 1. The monoisotopic (exact) mass is 265 g/mol. The van der Waals surface area contributed by atoms with E-state index in [9.17, 15) is 14.3 Å². The zero-order valence-corrected chi connectivity index (χ0v) is 10.2. The Balaban J connectivity index is 2.71. The fourth-order valence-corrected chi connectivity index (χ4v) is 1.84. The van der Waals surface area contributed by atoms with Crippen molar-refractivity contribution in [3.05, 3.63) is 41.2 Å². The predicted molar refractivity (Wildman–Crippen MR) is 63.6 cm³/mol. The van der Waals surface area contributed by atoms with Crippen molar-refractivity contribution in [1.82, 2.24) is 14.8 Å². The molecule has 0 unspecified atom stereocenters. The van der Waals surface area contributed by atoms with Crippen LogP contribution >= 0.6 is 0 Å². The number of aromatic nitrogens is 3. The van der Waals surface area contributed by atoms with E-state index in [1.807, 2.05) is 6.92 Å². The van der Waals surface area contributed by atoms with E-state index in [1.165, 1.54) is 10.6 Å². The molecule has 2 aromatic rings. The Kier molecular flexibility index (Phi) is 3.57. The van der Waals surface area contributed by atoms with E-state index in [2.05, 4.69) is 10.2 Å². The number of aliphatic hydroxyl groups excluding tert-OH is 1. The number of aliphatic hydroxyl groups is 1. The highest BCUT2D eigenvalue weighted by atomic mass is 19.1. The van der Waals surface area contributed by atoms with Crippen LogP contribution < -0.4 is 0 Å². The zero-order chi connectivity index (χ0) is 14.0. The molecule has 0 aliphatic heterocycles. The van der Waals surface area contributed by atoms with Gasteiger partial charge in [-0.1, -0.05) is 6.92 Å². The average molecular weight is 265 g/mol. The molecule has 0 fully saturated rings. The van der Waals surface area contributed by atoms with Crippen LogP contribution in [-0.2, 0) is 13.0 Å². The molecule has 2 rings (SSSR count). The fraction of sp³-hybridized carbons (Fsp3) is 0.250. The van der Waals surface area contributed by atoms with Crippen molar-refractivity contribution in [2.75, 3.05) is 0 Å². The summed E-state index contributed by atoms with van der Waals surface area (Å²) in [5, 5.41) is 26.0. The lowest BCUT2D eigenvalue weighted by molar-refractivity contribution is 0.0696. The van der Waals surface area contributed by atoms with Gasteiger partial charge in [0.15, 0.2) is 5.82 Å². The van der Waals surface area contributed by atoms with Crippen molar-refractivity contribution < 1.29 is 19.4 Å². The lowest BCUT2D eigenvalue weighted by Crippen LogP contribution is -2.11. The van der Waals surface area contributed by atoms with Crippen LogP contribution in [0.2, 0.25) is 0 Å². The summed E-state index contributed by atoms with van der Waals surface area (Å²) in [7, 11) is 0. The highest BCUT2D eigenvalue weighted by molar-refractivity contribution is 5.92. The molecule has 0 bridgehead atoms. The first-order chi connectivity index (χ1) is 9.08. The van der Waals surface area contributed by atoms with Crippen LogP contribution in [0.3, 0.4) is 0 Å². The molecule has 7 heteroatoms. The second-order valence-electron chi connectivity index (χ2n) is 3.85. The summed E-state index contributed by atoms with van der Waals surface area (Å²) in [6.07, 6.45) is 0.503. The molecule has 0 saturated heterocycles. The second-order valence-corrected chi connectivity index (χ2v) is 3.85. The van der Waals surface area contributed by atoms with Gasteiger partial charge in [0.1, 0.15) is 18.2 Å². The van der Waals surface area contributed by atoms with E-state index < -0.39 is 11.8 Å². The van der Waals surface area contributed by atoms with Crippen molar-refractivity contribution >= 4 is 5.97 Å². The van der Waals surface area contributed by atoms with Crippen LogP contribution in [0.4, 0.5) is 4.39 Å². The van der Waals surface area contributed by atoms with Gasteiger partial charge in [-0.2, -0.15) is 0 Å². The highest BCUT2D eigenvalue weighted by Gasteiger charge is 2.18. The minimum Gasteiger partial charge on any atom is -0.478 e. The first kappa shape index (κ1) is 13.2. The third-order valence-electron chi connectivity index (χ3n) is 2.68. The molecule has 1 aromatic heterocycles. The van der Waals surface area contributed by atoms with Crippen molar-refractivity contribution in [1.29, 1.82) is 0 Å². The molecule has 6 nitrogen and oxygen atoms in total. The summed E-state index contributed by atoms with van der Waals surface area (Å²) in [6.45, 7) is 1.44. The number of hydrogen-bond donors (Lipinski definition) is 2. The number of hydrogen-bond acceptors (Lipinski definition) is 4. The van der Waals surface area contributed by atoms with Crippen LogP contribution in [0.5, 0.6) is 0 Å². The number of benzene rings is 1. The molecule has 0 spiro atoms. The molecule has 0 amide bonds. The third-order valence-corrected chi connectivity index (χ3v) is 2.68. The van der Waals surface area contributed by atoms with E-state index in [0.29, 0.717) is 12.2 Å². The number of rotatable bonds is 4. The highest BCUT2D eigenvalue weighted by Crippen LogP contribution is 2.20. The molecule has 0 radical (unpaired) electrons. The molecular weight excluding hydrogens is 253 g/mol. The SMILES string of the molecule is CCc1nnc(CO)n1-c1ccc(F)cc1C(=O)O. The number of carbonyl (C=O) groups is 1. The van der Waals surface area contributed by atoms with Gasteiger partial charge in [-0.25, -0.2) is 9.18 Å². The summed E-state index contributed by atoms with van der Waals surface area (Å²) in [5.74, 6) is -1.18. The molecule has 19 heavy (non-hydrogen) atoms. The maximum Gasteiger partial charge on any atom is 0.337 e. The Hall–Kier alpha value is -2.28. The molecule has 100 valence electrons. The molecule has 0 saturated carbocycles. The fourth-order valence-electron chi connectivity index (χ4n) is 1.84. The van der Waals surface area contributed by atoms with Gasteiger partial charge in [-0.15, -0.1) is 10.2 Å². The summed E-state index contributed by atoms with van der Waals surface area (Å²) >= 11 is 0. The standard InChI is InChI=1S/C12H12FN3O3/c1-2-10-14-15-11(6-17)16(10)9-4-3-7(13)5-8(9)12(18)19/h3-5,17H,2,6H2,1H3,(H,18,19). The topological polar surface area (TPSA) is 88.2 Å². The zero-order valence-electron chi connectivity index (χ0n) is 10.2. The molecular formula is C12H12FN3O3. The Morgan fingerprint density at radius 3 is 2.63 bits per heavy atom. The Bertz CT molecular complexity index is 603. The summed E-state index contributed by atoms with van der Waals surface area (Å²) < 4.78 is 14.6. The normalized spacial score (nSPS) is 10.7. The second kappa shape index (κ2) is 5.15. The summed E-state index contributed by atoms with van der Waals surface area (Å²) in [5.41, 5.74) is 0.0315. The minimum atomic E-state index is -1.26. The largest absolute Gasteiger partial charge is 0.478 e. The lowest BCUT2D eigenvalue weighted by atomic mass is 10.1. The van der Waals surface area contributed by atoms with Crippen molar-refractivity contribution in [2.24, 2.45) is 0 Å². The summed E-state index contributed by atoms with van der Waals surface area (Å²) in [4.78, 5) is 11.2. The Morgan fingerprint density at radius 1 is 1.37 bits per heavy atom. The lowest BCUT2D eigenvalue weighted by Gasteiger charge is -2.11. The van der Waals surface area contributed by atoms with Crippen molar-refractivity contribution in [3.8, 4) is 5.69 Å². The van der Waals surface area contributed by atoms with E-state index >= 15 is 0 Å². The number of halogens is 1. The van der Waals surface area contributed by atoms with Crippen LogP contribution in [0, 0.1) is 5.82 Å². The maximum atomic E-state index is 13.2. The Labute approximate surface area is 108 Å². The molecule has 1 heterocycles. The smallest absolute Gasteiger partial charge is 0.337 e. The van der Waals surface area contributed by atoms with Gasteiger partial charge in [0.05, 0.1) is 11.3 Å². The van der Waals surface area contributed by atoms with E-state index in [0.717, 1.165) is 12.1 Å². The molecule has 0 aliphatic rings. The maximum absolute atomic E-state index is 13.2. The Morgan fingerprint density at radius 2 is 2.05 bits per heavy atom. The quantitative estimate of drug-likeness (QED) is 0.866. The predicted octanol–water partition coefficient (Wildman–Crippen LogP) is 1.16. The number of aromatic carboxylic acids is 1. The van der Waals surface area contributed by atoms with Gasteiger partial charge < -0.3 is 10.2 Å². The van der Waals surface area contributed by atoms with Crippen molar-refractivity contribution in [2.45, 2.75) is 20.0 Å². The van der Waals surface area contributed by atoms with Gasteiger partial charge in [0.25, 0.3) is 0 Å².